The maximum absolute atomic E-state index is 9.87. The Kier molecular flexibility index (Phi) is 1.61. The summed E-state index contributed by atoms with van der Waals surface area (Å²) in [5, 5.41) is 9.87. The lowest BCUT2D eigenvalue weighted by atomic mass is 10.3. The van der Waals surface area contributed by atoms with Crippen LogP contribution in [0.3, 0.4) is 0 Å². The van der Waals surface area contributed by atoms with Gasteiger partial charge in [0.25, 0.3) is 0 Å². The van der Waals surface area contributed by atoms with Gasteiger partial charge in [0.15, 0.2) is 6.09 Å². The number of carboxylic acid groups (broad SMARTS) is 1. The summed E-state index contributed by atoms with van der Waals surface area (Å²) in [6.07, 6.45) is -0.501. The molecule has 0 aliphatic heterocycles. The molecule has 0 radical (unpaired) electrons. The van der Waals surface area contributed by atoms with Gasteiger partial charge in [-0.2, -0.15) is 0 Å². The molecular weight excluding hydrogens is 132 g/mol. The van der Waals surface area contributed by atoms with Gasteiger partial charge < -0.3 is 15.6 Å². The Bertz CT molecular complexity index is 188. The third kappa shape index (κ3) is 1.46. The molecule has 2 N–H and O–H groups in total. The van der Waals surface area contributed by atoms with E-state index in [2.05, 4.69) is 4.99 Å². The lowest BCUT2D eigenvalue weighted by molar-refractivity contribution is -0.245. The first-order valence-corrected chi connectivity index (χ1v) is 3.16. The van der Waals surface area contributed by atoms with E-state index < -0.39 is 6.09 Å². The Labute approximate surface area is 58.7 Å². The molecule has 0 unspecified atom stereocenters. The topological polar surface area (TPSA) is 78.5 Å². The summed E-state index contributed by atoms with van der Waals surface area (Å²) < 4.78 is 0. The summed E-state index contributed by atoms with van der Waals surface area (Å²) >= 11 is 0. The van der Waals surface area contributed by atoms with Crippen molar-refractivity contribution in [2.24, 2.45) is 22.6 Å². The monoisotopic (exact) mass is 141 g/mol. The molecule has 1 rings (SSSR count). The van der Waals surface area contributed by atoms with E-state index in [1.807, 2.05) is 6.92 Å². The molecule has 0 aromatic heterocycles. The molecular formula is C6H9N2O2-. The molecule has 1 fully saturated rings. The second-order valence-electron chi connectivity index (χ2n) is 2.62. The Morgan fingerprint density at radius 3 is 2.60 bits per heavy atom. The number of rotatable bonds is 1. The number of hydrogen-bond acceptors (Lipinski definition) is 2. The molecule has 10 heavy (non-hydrogen) atoms. The second-order valence-corrected chi connectivity index (χ2v) is 2.62. The van der Waals surface area contributed by atoms with E-state index in [1.54, 1.807) is 0 Å². The molecule has 0 spiro atoms. The molecule has 0 heterocycles. The quantitative estimate of drug-likeness (QED) is 0.389. The Hall–Kier alpha value is -1.06. The summed E-state index contributed by atoms with van der Waals surface area (Å²) in [6.45, 7) is 2.00. The van der Waals surface area contributed by atoms with Crippen LogP contribution < -0.4 is 10.8 Å². The summed E-state index contributed by atoms with van der Waals surface area (Å²) in [7, 11) is 0. The highest BCUT2D eigenvalue weighted by molar-refractivity contribution is 5.92. The van der Waals surface area contributed by atoms with Crippen LogP contribution in [0.1, 0.15) is 13.3 Å². The molecule has 1 saturated carbocycles. The SMILES string of the molecule is C[C@H]1C[C@H]1/C(N)=N/C(=O)[O-]. The van der Waals surface area contributed by atoms with Crippen LogP contribution >= 0.6 is 0 Å². The summed E-state index contributed by atoms with van der Waals surface area (Å²) in [6, 6.07) is 0. The van der Waals surface area contributed by atoms with Crippen LogP contribution in [0.2, 0.25) is 0 Å². The molecule has 0 aromatic rings. The van der Waals surface area contributed by atoms with E-state index in [4.69, 9.17) is 5.73 Å². The minimum absolute atomic E-state index is 0.179. The van der Waals surface area contributed by atoms with E-state index in [1.165, 1.54) is 0 Å². The van der Waals surface area contributed by atoms with Gasteiger partial charge in [-0.15, -0.1) is 0 Å². The zero-order valence-corrected chi connectivity index (χ0v) is 5.70. The van der Waals surface area contributed by atoms with Crippen molar-refractivity contribution in [2.75, 3.05) is 0 Å². The molecule has 4 nitrogen and oxygen atoms in total. The van der Waals surface area contributed by atoms with Gasteiger partial charge in [-0.25, -0.2) is 4.99 Å². The van der Waals surface area contributed by atoms with E-state index in [-0.39, 0.29) is 11.8 Å². The lowest BCUT2D eigenvalue weighted by Crippen LogP contribution is -2.24. The maximum atomic E-state index is 9.87. The van der Waals surface area contributed by atoms with Crippen molar-refractivity contribution >= 4 is 11.9 Å². The van der Waals surface area contributed by atoms with Crippen LogP contribution in [0.4, 0.5) is 4.79 Å². The predicted octanol–water partition coefficient (Wildman–Crippen LogP) is -0.657. The highest BCUT2D eigenvalue weighted by atomic mass is 16.4. The van der Waals surface area contributed by atoms with Crippen molar-refractivity contribution < 1.29 is 9.90 Å². The van der Waals surface area contributed by atoms with Crippen molar-refractivity contribution in [3.63, 3.8) is 0 Å². The molecule has 0 aromatic carbocycles. The van der Waals surface area contributed by atoms with E-state index in [9.17, 15) is 9.90 Å². The van der Waals surface area contributed by atoms with Crippen molar-refractivity contribution in [3.05, 3.63) is 0 Å². The number of hydrogen-bond donors (Lipinski definition) is 1. The first-order valence-electron chi connectivity index (χ1n) is 3.16. The van der Waals surface area contributed by atoms with Gasteiger partial charge >= 0.3 is 0 Å². The number of nitrogens with zero attached hydrogens (tertiary/aromatic N) is 1. The van der Waals surface area contributed by atoms with Gasteiger partial charge in [0.1, 0.15) is 5.84 Å². The van der Waals surface area contributed by atoms with Crippen LogP contribution in [0.15, 0.2) is 4.99 Å². The molecule has 4 heteroatoms. The normalized spacial score (nSPS) is 31.9. The van der Waals surface area contributed by atoms with Crippen LogP contribution in [0.5, 0.6) is 0 Å². The highest BCUT2D eigenvalue weighted by Gasteiger charge is 2.35. The van der Waals surface area contributed by atoms with E-state index >= 15 is 0 Å². The van der Waals surface area contributed by atoms with Crippen molar-refractivity contribution in [3.8, 4) is 0 Å². The largest absolute Gasteiger partial charge is 0.528 e. The first kappa shape index (κ1) is 7.05. The fourth-order valence-corrected chi connectivity index (χ4v) is 0.923. The van der Waals surface area contributed by atoms with Crippen LogP contribution in [-0.4, -0.2) is 11.9 Å². The fourth-order valence-electron chi connectivity index (χ4n) is 0.923. The minimum atomic E-state index is -1.45. The average Bonchev–Trinajstić information content (AvgIpc) is 2.44. The Balaban J connectivity index is 2.49. The average molecular weight is 141 g/mol. The fraction of sp³-hybridized carbons (Fsp3) is 0.667. The molecule has 0 saturated heterocycles. The van der Waals surface area contributed by atoms with E-state index in [0.717, 1.165) is 6.42 Å². The molecule has 1 aliphatic rings. The summed E-state index contributed by atoms with van der Waals surface area (Å²) in [5.74, 6) is 0.869. The first-order chi connectivity index (χ1) is 4.61. The maximum Gasteiger partial charge on any atom is 0.163 e. The van der Waals surface area contributed by atoms with Crippen molar-refractivity contribution in [1.82, 2.24) is 0 Å². The number of nitrogens with two attached hydrogens (primary N) is 1. The lowest BCUT2D eigenvalue weighted by Gasteiger charge is -1.96. The van der Waals surface area contributed by atoms with Gasteiger partial charge in [0.2, 0.25) is 0 Å². The molecule has 0 bridgehead atoms. The van der Waals surface area contributed by atoms with Crippen LogP contribution in [0, 0.1) is 11.8 Å². The molecule has 1 amide bonds. The van der Waals surface area contributed by atoms with Crippen LogP contribution in [0.25, 0.3) is 0 Å². The standard InChI is InChI=1S/C6H10N2O2/c1-3-2-4(3)5(7)8-6(9)10/h3-4H,2H2,1H3,(H2,7,8)(H,9,10)/p-1/t3-,4+/m0/s1. The van der Waals surface area contributed by atoms with Crippen molar-refractivity contribution in [1.29, 1.82) is 0 Å². The van der Waals surface area contributed by atoms with Gasteiger partial charge in [-0.1, -0.05) is 6.92 Å². The summed E-state index contributed by atoms with van der Waals surface area (Å²) in [4.78, 5) is 13.0. The van der Waals surface area contributed by atoms with Gasteiger partial charge in [-0.3, -0.25) is 0 Å². The molecule has 2 atom stereocenters. The third-order valence-corrected chi connectivity index (χ3v) is 1.71. The Morgan fingerprint density at radius 2 is 2.30 bits per heavy atom. The smallest absolute Gasteiger partial charge is 0.163 e. The second kappa shape index (κ2) is 2.28. The number of amidine groups is 1. The third-order valence-electron chi connectivity index (χ3n) is 1.71. The molecule has 56 valence electrons. The van der Waals surface area contributed by atoms with Gasteiger partial charge in [-0.05, 0) is 12.3 Å². The predicted molar refractivity (Wildman–Crippen MR) is 34.3 cm³/mol. The zero-order chi connectivity index (χ0) is 7.72. The number of carbonyl (C=O) groups is 1. The van der Waals surface area contributed by atoms with Gasteiger partial charge in [0, 0.05) is 5.92 Å². The number of carbonyl (C=O) groups excluding carboxylic acids is 1. The highest BCUT2D eigenvalue weighted by Crippen LogP contribution is 2.37. The number of amides is 1. The van der Waals surface area contributed by atoms with E-state index in [0.29, 0.717) is 5.92 Å². The van der Waals surface area contributed by atoms with Gasteiger partial charge in [0.05, 0.1) is 0 Å². The zero-order valence-electron chi connectivity index (χ0n) is 5.70. The Morgan fingerprint density at radius 1 is 1.80 bits per heavy atom. The number of aliphatic imine (C=N–C) groups is 1. The minimum Gasteiger partial charge on any atom is -0.528 e. The van der Waals surface area contributed by atoms with Crippen LogP contribution in [-0.2, 0) is 0 Å². The van der Waals surface area contributed by atoms with Crippen molar-refractivity contribution in [2.45, 2.75) is 13.3 Å². The summed E-state index contributed by atoms with van der Waals surface area (Å²) in [5.41, 5.74) is 5.30. The molecule has 1 aliphatic carbocycles.